The van der Waals surface area contributed by atoms with Crippen molar-refractivity contribution in [1.29, 1.82) is 0 Å². The molecule has 0 N–H and O–H groups in total. The van der Waals surface area contributed by atoms with Crippen LogP contribution in [0.25, 0.3) is 0 Å². The smallest absolute Gasteiger partial charge is 0.126 e. The van der Waals surface area contributed by atoms with E-state index < -0.39 is 0 Å². The standard InChI is InChI=1S/C7H5O.C3H6O.Zn/c8-6-7-4-2-1-3-5-7;1-3(2)4;/h1-5H;1-2H3;/q-1;;. The number of ketones is 1. The molecule has 0 bridgehead atoms. The SMILES string of the molecule is CC(C)=O.O=[C-]c1ccccc1.[Zn]. The molecule has 0 aliphatic rings. The minimum absolute atomic E-state index is 0. The van der Waals surface area contributed by atoms with Gasteiger partial charge in [0.1, 0.15) is 5.78 Å². The molecule has 13 heavy (non-hydrogen) atoms. The molecule has 3 heteroatoms. The molecule has 0 fully saturated rings. The van der Waals surface area contributed by atoms with Gasteiger partial charge in [0.05, 0.1) is 6.29 Å². The van der Waals surface area contributed by atoms with Crippen LogP contribution in [-0.4, -0.2) is 12.1 Å². The van der Waals surface area contributed by atoms with E-state index in [2.05, 4.69) is 0 Å². The van der Waals surface area contributed by atoms with E-state index in [9.17, 15) is 9.59 Å². The predicted octanol–water partition coefficient (Wildman–Crippen LogP) is 1.74. The maximum absolute atomic E-state index is 9.88. The molecule has 2 nitrogen and oxygen atoms in total. The van der Waals surface area contributed by atoms with Crippen molar-refractivity contribution < 1.29 is 29.1 Å². The predicted molar refractivity (Wildman–Crippen MR) is 47.6 cm³/mol. The van der Waals surface area contributed by atoms with E-state index >= 15 is 0 Å². The van der Waals surface area contributed by atoms with Crippen molar-refractivity contribution in [1.82, 2.24) is 0 Å². The Balaban J connectivity index is 0. The number of hydrogen-bond donors (Lipinski definition) is 0. The monoisotopic (exact) mass is 227 g/mol. The summed E-state index contributed by atoms with van der Waals surface area (Å²) in [6.07, 6.45) is 1.78. The van der Waals surface area contributed by atoms with E-state index in [1.807, 2.05) is 6.07 Å². The Kier molecular flexibility index (Phi) is 10.5. The summed E-state index contributed by atoms with van der Waals surface area (Å²) in [7, 11) is 0. The van der Waals surface area contributed by atoms with Crippen LogP contribution in [0.1, 0.15) is 19.4 Å². The third kappa shape index (κ3) is 11.2. The average Bonchev–Trinajstić information content (AvgIpc) is 2.05. The minimum atomic E-state index is 0. The first-order valence-electron chi connectivity index (χ1n) is 3.57. The summed E-state index contributed by atoms with van der Waals surface area (Å²) in [5.41, 5.74) is 0.604. The second-order valence-corrected chi connectivity index (χ2v) is 2.38. The summed E-state index contributed by atoms with van der Waals surface area (Å²) in [5, 5.41) is 0. The third-order valence-electron chi connectivity index (χ3n) is 0.892. The Morgan fingerprint density at radius 2 is 1.54 bits per heavy atom. The first-order chi connectivity index (χ1) is 5.66. The zero-order valence-electron chi connectivity index (χ0n) is 7.91. The number of Topliss-reactive ketones (excluding diaryl/α,β-unsaturated/α-hetero) is 1. The number of rotatable bonds is 1. The van der Waals surface area contributed by atoms with Crippen LogP contribution in [0.4, 0.5) is 0 Å². The molecular weight excluding hydrogens is 217 g/mol. The fourth-order valence-corrected chi connectivity index (χ4v) is 0.506. The van der Waals surface area contributed by atoms with Gasteiger partial charge in [0.15, 0.2) is 0 Å². The summed E-state index contributed by atoms with van der Waals surface area (Å²) in [6.45, 7) is 3.06. The zero-order valence-corrected chi connectivity index (χ0v) is 10.9. The van der Waals surface area contributed by atoms with E-state index in [0.29, 0.717) is 5.56 Å². The van der Waals surface area contributed by atoms with Crippen molar-refractivity contribution in [2.45, 2.75) is 13.8 Å². The molecular formula is C10H11O2Zn-. The van der Waals surface area contributed by atoms with Gasteiger partial charge in [-0.3, -0.25) is 0 Å². The fraction of sp³-hybridized carbons (Fsp3) is 0.200. The summed E-state index contributed by atoms with van der Waals surface area (Å²) in [6, 6.07) is 8.90. The molecule has 0 saturated heterocycles. The van der Waals surface area contributed by atoms with Gasteiger partial charge in [-0.15, -0.1) is 12.1 Å². The van der Waals surface area contributed by atoms with Crippen LogP contribution in [-0.2, 0) is 29.1 Å². The summed E-state index contributed by atoms with van der Waals surface area (Å²) in [4.78, 5) is 19.3. The molecule has 0 amide bonds. The minimum Gasteiger partial charge on any atom is -0.376 e. The van der Waals surface area contributed by atoms with Gasteiger partial charge < -0.3 is 9.59 Å². The van der Waals surface area contributed by atoms with Gasteiger partial charge in [-0.2, -0.15) is 17.7 Å². The van der Waals surface area contributed by atoms with Crippen molar-refractivity contribution in [2.75, 3.05) is 0 Å². The molecule has 1 aromatic carbocycles. The molecule has 0 heterocycles. The van der Waals surface area contributed by atoms with Gasteiger partial charge in [-0.25, -0.2) is 0 Å². The Morgan fingerprint density at radius 1 is 1.15 bits per heavy atom. The van der Waals surface area contributed by atoms with Crippen LogP contribution >= 0.6 is 0 Å². The maximum atomic E-state index is 9.88. The molecule has 66 valence electrons. The van der Waals surface area contributed by atoms with Crippen molar-refractivity contribution in [3.8, 4) is 0 Å². The maximum Gasteiger partial charge on any atom is 0.126 e. The van der Waals surface area contributed by atoms with Crippen molar-refractivity contribution in [2.24, 2.45) is 0 Å². The van der Waals surface area contributed by atoms with E-state index in [-0.39, 0.29) is 25.3 Å². The molecule has 0 radical (unpaired) electrons. The molecule has 0 aliphatic carbocycles. The van der Waals surface area contributed by atoms with E-state index in [4.69, 9.17) is 0 Å². The molecule has 0 spiro atoms. The van der Waals surface area contributed by atoms with Crippen LogP contribution < -0.4 is 0 Å². The zero-order chi connectivity index (χ0) is 9.40. The van der Waals surface area contributed by atoms with Crippen LogP contribution in [0.2, 0.25) is 0 Å². The summed E-state index contributed by atoms with van der Waals surface area (Å²) in [5.74, 6) is 0.167. The average molecular weight is 229 g/mol. The topological polar surface area (TPSA) is 34.1 Å². The number of hydrogen-bond acceptors (Lipinski definition) is 2. The molecule has 0 aromatic heterocycles. The molecule has 0 atom stereocenters. The van der Waals surface area contributed by atoms with E-state index in [1.54, 1.807) is 30.6 Å². The Labute approximate surface area is 91.1 Å². The number of carbonyl (C=O) groups excluding carboxylic acids is 2. The van der Waals surface area contributed by atoms with Gasteiger partial charge in [-0.1, -0.05) is 6.07 Å². The Hall–Kier alpha value is -0.817. The molecule has 1 rings (SSSR count). The van der Waals surface area contributed by atoms with Crippen LogP contribution in [0.3, 0.4) is 0 Å². The summed E-state index contributed by atoms with van der Waals surface area (Å²) < 4.78 is 0. The molecule has 0 aliphatic heterocycles. The number of benzene rings is 1. The quantitative estimate of drug-likeness (QED) is 0.542. The molecule has 0 saturated carbocycles. The van der Waals surface area contributed by atoms with Crippen LogP contribution in [0.15, 0.2) is 30.3 Å². The normalized spacial score (nSPS) is 7.23. The van der Waals surface area contributed by atoms with Gasteiger partial charge in [0.25, 0.3) is 0 Å². The fourth-order valence-electron chi connectivity index (χ4n) is 0.506. The van der Waals surface area contributed by atoms with Crippen LogP contribution in [0.5, 0.6) is 0 Å². The first-order valence-corrected chi connectivity index (χ1v) is 3.57. The largest absolute Gasteiger partial charge is 0.376 e. The van der Waals surface area contributed by atoms with E-state index in [1.165, 1.54) is 13.8 Å². The Morgan fingerprint density at radius 3 is 1.77 bits per heavy atom. The van der Waals surface area contributed by atoms with Gasteiger partial charge >= 0.3 is 0 Å². The van der Waals surface area contributed by atoms with Crippen molar-refractivity contribution >= 4 is 12.1 Å². The van der Waals surface area contributed by atoms with Gasteiger partial charge in [-0.05, 0) is 13.8 Å². The summed E-state index contributed by atoms with van der Waals surface area (Å²) >= 11 is 0. The second-order valence-electron chi connectivity index (χ2n) is 2.38. The third-order valence-corrected chi connectivity index (χ3v) is 0.892. The van der Waals surface area contributed by atoms with Crippen molar-refractivity contribution in [3.63, 3.8) is 0 Å². The first kappa shape index (κ1) is 14.7. The Bertz CT molecular complexity index is 240. The van der Waals surface area contributed by atoms with Gasteiger partial charge in [0.2, 0.25) is 0 Å². The number of carbonyl (C=O) groups is 1. The molecule has 0 unspecified atom stereocenters. The van der Waals surface area contributed by atoms with Crippen molar-refractivity contribution in [3.05, 3.63) is 35.9 Å². The molecule has 1 aromatic rings. The van der Waals surface area contributed by atoms with Gasteiger partial charge in [0, 0.05) is 19.5 Å². The van der Waals surface area contributed by atoms with Crippen LogP contribution in [0, 0.1) is 0 Å². The second kappa shape index (κ2) is 9.27. The van der Waals surface area contributed by atoms with E-state index in [0.717, 1.165) is 0 Å².